The molecule has 1 aromatic carbocycles. The van der Waals surface area contributed by atoms with Gasteiger partial charge in [-0.15, -0.1) is 0 Å². The number of carboxylic acids is 1. The molecule has 2 N–H and O–H groups in total. The average molecular weight is 398 g/mol. The van der Waals surface area contributed by atoms with Crippen molar-refractivity contribution < 1.29 is 19.4 Å². The third-order valence-corrected chi connectivity index (χ3v) is 4.72. The highest BCUT2D eigenvalue weighted by atomic mass is 79.9. The quantitative estimate of drug-likeness (QED) is 0.796. The Labute approximate surface area is 150 Å². The van der Waals surface area contributed by atoms with Gasteiger partial charge < -0.3 is 15.2 Å². The number of carboxylic acid groups (broad SMARTS) is 1. The van der Waals surface area contributed by atoms with Crippen LogP contribution in [0.5, 0.6) is 0 Å². The Kier molecular flexibility index (Phi) is 5.91. The Morgan fingerprint density at radius 1 is 1.21 bits per heavy atom. The predicted octanol–water partition coefficient (Wildman–Crippen LogP) is 4.31. The number of aliphatic carboxylic acids is 1. The minimum Gasteiger partial charge on any atom is -0.481 e. The molecule has 2 rings (SSSR count). The Balaban J connectivity index is 2.09. The van der Waals surface area contributed by atoms with Gasteiger partial charge in [0.05, 0.1) is 5.92 Å². The van der Waals surface area contributed by atoms with Gasteiger partial charge in [-0.2, -0.15) is 0 Å². The number of rotatable bonds is 3. The smallest absolute Gasteiger partial charge is 0.407 e. The molecule has 0 aromatic heterocycles. The molecule has 0 radical (unpaired) electrons. The van der Waals surface area contributed by atoms with Crippen molar-refractivity contribution in [1.82, 2.24) is 5.32 Å². The van der Waals surface area contributed by atoms with Crippen molar-refractivity contribution in [3.8, 4) is 0 Å². The number of hydrogen-bond acceptors (Lipinski definition) is 3. The van der Waals surface area contributed by atoms with Crippen molar-refractivity contribution in [2.45, 2.75) is 57.6 Å². The molecule has 24 heavy (non-hydrogen) atoms. The minimum absolute atomic E-state index is 0.0795. The second kappa shape index (κ2) is 7.55. The molecule has 1 fully saturated rings. The maximum Gasteiger partial charge on any atom is 0.407 e. The first kappa shape index (κ1) is 18.8. The fraction of sp³-hybridized carbons (Fsp3) is 0.556. The van der Waals surface area contributed by atoms with E-state index < -0.39 is 23.6 Å². The molecular formula is C18H24BrNO4. The van der Waals surface area contributed by atoms with E-state index in [-0.39, 0.29) is 12.0 Å². The number of amides is 1. The molecule has 1 aliphatic carbocycles. The van der Waals surface area contributed by atoms with Crippen LogP contribution in [0.1, 0.15) is 51.5 Å². The SMILES string of the molecule is CC(C)(C)OC(=O)N[C@@H]1CC[C@@H](C(=O)O)[C@H](c2ccc(Br)cc2)C1. The van der Waals surface area contributed by atoms with Crippen LogP contribution in [0, 0.1) is 5.92 Å². The summed E-state index contributed by atoms with van der Waals surface area (Å²) in [4.78, 5) is 23.6. The normalized spacial score (nSPS) is 24.2. The predicted molar refractivity (Wildman–Crippen MR) is 95.0 cm³/mol. The zero-order valence-electron chi connectivity index (χ0n) is 14.2. The molecule has 0 aliphatic heterocycles. The lowest BCUT2D eigenvalue weighted by Crippen LogP contribution is -2.43. The van der Waals surface area contributed by atoms with Gasteiger partial charge in [0.1, 0.15) is 5.60 Å². The molecule has 1 amide bonds. The topological polar surface area (TPSA) is 75.6 Å². The monoisotopic (exact) mass is 397 g/mol. The van der Waals surface area contributed by atoms with Crippen LogP contribution in [0.25, 0.3) is 0 Å². The first-order valence-corrected chi connectivity index (χ1v) is 8.93. The highest BCUT2D eigenvalue weighted by Gasteiger charge is 2.36. The number of ether oxygens (including phenoxy) is 1. The fourth-order valence-electron chi connectivity index (χ4n) is 3.15. The van der Waals surface area contributed by atoms with Crippen LogP contribution < -0.4 is 5.32 Å². The van der Waals surface area contributed by atoms with E-state index in [0.29, 0.717) is 19.3 Å². The van der Waals surface area contributed by atoms with Crippen LogP contribution in [-0.4, -0.2) is 28.8 Å². The largest absolute Gasteiger partial charge is 0.481 e. The number of alkyl carbamates (subject to hydrolysis) is 1. The summed E-state index contributed by atoms with van der Waals surface area (Å²) in [5.74, 6) is -1.33. The summed E-state index contributed by atoms with van der Waals surface area (Å²) < 4.78 is 6.25. The second-order valence-corrected chi connectivity index (χ2v) is 8.17. The van der Waals surface area contributed by atoms with E-state index >= 15 is 0 Å². The molecule has 3 atom stereocenters. The summed E-state index contributed by atoms with van der Waals surface area (Å²) >= 11 is 3.40. The highest BCUT2D eigenvalue weighted by molar-refractivity contribution is 9.10. The third-order valence-electron chi connectivity index (χ3n) is 4.19. The van der Waals surface area contributed by atoms with Crippen molar-refractivity contribution >= 4 is 28.0 Å². The third kappa shape index (κ3) is 5.23. The summed E-state index contributed by atoms with van der Waals surface area (Å²) in [7, 11) is 0. The molecule has 5 nitrogen and oxygen atoms in total. The van der Waals surface area contributed by atoms with Gasteiger partial charge >= 0.3 is 12.1 Å². The Hall–Kier alpha value is -1.56. The van der Waals surface area contributed by atoms with Gasteiger partial charge in [0.2, 0.25) is 0 Å². The minimum atomic E-state index is -0.779. The molecule has 0 bridgehead atoms. The van der Waals surface area contributed by atoms with Gasteiger partial charge in [-0.25, -0.2) is 4.79 Å². The van der Waals surface area contributed by atoms with Crippen LogP contribution in [0.3, 0.4) is 0 Å². The number of carbonyl (C=O) groups is 2. The first-order valence-electron chi connectivity index (χ1n) is 8.13. The van der Waals surface area contributed by atoms with Crippen LogP contribution >= 0.6 is 15.9 Å². The standard InChI is InChI=1S/C18H24BrNO4/c1-18(2,3)24-17(23)20-13-8-9-14(16(21)22)15(10-13)11-4-6-12(19)7-5-11/h4-7,13-15H,8-10H2,1-3H3,(H,20,23)(H,21,22)/t13-,14-,15+/m1/s1. The fourth-order valence-corrected chi connectivity index (χ4v) is 3.41. The summed E-state index contributed by atoms with van der Waals surface area (Å²) in [6, 6.07) is 7.64. The van der Waals surface area contributed by atoms with Gasteiger partial charge in [-0.3, -0.25) is 4.79 Å². The first-order chi connectivity index (χ1) is 11.2. The molecule has 0 heterocycles. The van der Waals surface area contributed by atoms with E-state index in [9.17, 15) is 14.7 Å². The number of carbonyl (C=O) groups excluding carboxylic acids is 1. The lowest BCUT2D eigenvalue weighted by Gasteiger charge is -2.35. The molecule has 6 heteroatoms. The zero-order valence-corrected chi connectivity index (χ0v) is 15.8. The molecule has 132 valence electrons. The molecule has 1 saturated carbocycles. The molecule has 0 spiro atoms. The summed E-state index contributed by atoms with van der Waals surface area (Å²) in [6.45, 7) is 5.45. The van der Waals surface area contributed by atoms with E-state index in [1.165, 1.54) is 0 Å². The summed E-state index contributed by atoms with van der Waals surface area (Å²) in [6.07, 6.45) is 1.33. The Morgan fingerprint density at radius 2 is 1.83 bits per heavy atom. The van der Waals surface area contributed by atoms with E-state index in [4.69, 9.17) is 4.74 Å². The summed E-state index contributed by atoms with van der Waals surface area (Å²) in [5.41, 5.74) is 0.439. The maximum atomic E-state index is 12.0. The molecule has 0 unspecified atom stereocenters. The van der Waals surface area contributed by atoms with Gasteiger partial charge in [0.25, 0.3) is 0 Å². The van der Waals surface area contributed by atoms with E-state index in [1.54, 1.807) is 0 Å². The summed E-state index contributed by atoms with van der Waals surface area (Å²) in [5, 5.41) is 12.4. The number of nitrogens with one attached hydrogen (secondary N) is 1. The van der Waals surface area contributed by atoms with Crippen LogP contribution in [0.2, 0.25) is 0 Å². The van der Waals surface area contributed by atoms with Crippen molar-refractivity contribution in [2.75, 3.05) is 0 Å². The van der Waals surface area contributed by atoms with E-state index in [1.807, 2.05) is 45.0 Å². The molecule has 1 aliphatic rings. The van der Waals surface area contributed by atoms with Crippen LogP contribution in [0.15, 0.2) is 28.7 Å². The lowest BCUT2D eigenvalue weighted by molar-refractivity contribution is -0.143. The number of halogens is 1. The van der Waals surface area contributed by atoms with Crippen molar-refractivity contribution in [3.63, 3.8) is 0 Å². The van der Waals surface area contributed by atoms with Crippen LogP contribution in [-0.2, 0) is 9.53 Å². The average Bonchev–Trinajstić information content (AvgIpc) is 2.45. The molecular weight excluding hydrogens is 374 g/mol. The Bertz CT molecular complexity index is 594. The maximum absolute atomic E-state index is 12.0. The van der Waals surface area contributed by atoms with E-state index in [2.05, 4.69) is 21.2 Å². The van der Waals surface area contributed by atoms with Gasteiger partial charge in [-0.1, -0.05) is 28.1 Å². The number of benzene rings is 1. The van der Waals surface area contributed by atoms with Gasteiger partial charge in [0, 0.05) is 10.5 Å². The van der Waals surface area contributed by atoms with E-state index in [0.717, 1.165) is 10.0 Å². The number of hydrogen-bond donors (Lipinski definition) is 2. The van der Waals surface area contributed by atoms with Gasteiger partial charge in [-0.05, 0) is 63.6 Å². The van der Waals surface area contributed by atoms with Crippen molar-refractivity contribution in [2.24, 2.45) is 5.92 Å². The Morgan fingerprint density at radius 3 is 2.38 bits per heavy atom. The van der Waals surface area contributed by atoms with Crippen molar-refractivity contribution in [1.29, 1.82) is 0 Å². The van der Waals surface area contributed by atoms with Crippen LogP contribution in [0.4, 0.5) is 4.79 Å². The van der Waals surface area contributed by atoms with Crippen molar-refractivity contribution in [3.05, 3.63) is 34.3 Å². The molecule has 1 aromatic rings. The lowest BCUT2D eigenvalue weighted by atomic mass is 9.73. The van der Waals surface area contributed by atoms with Gasteiger partial charge in [0.15, 0.2) is 0 Å². The second-order valence-electron chi connectivity index (χ2n) is 7.26. The zero-order chi connectivity index (χ0) is 17.9. The molecule has 0 saturated heterocycles. The highest BCUT2D eigenvalue weighted by Crippen LogP contribution is 2.38.